The van der Waals surface area contributed by atoms with Gasteiger partial charge in [-0.15, -0.1) is 0 Å². The average Bonchev–Trinajstić information content (AvgIpc) is 2.32. The summed E-state index contributed by atoms with van der Waals surface area (Å²) in [6, 6.07) is 9.19. The highest BCUT2D eigenvalue weighted by molar-refractivity contribution is 9.10. The number of hydrogen-bond acceptors (Lipinski definition) is 1. The molecule has 1 N–H and O–H groups in total. The van der Waals surface area contributed by atoms with Gasteiger partial charge in [-0.25, -0.2) is 0 Å². The molecule has 0 amide bonds. The van der Waals surface area contributed by atoms with Gasteiger partial charge in [0, 0.05) is 10.5 Å². The molecule has 0 spiro atoms. The van der Waals surface area contributed by atoms with E-state index in [0.717, 1.165) is 13.0 Å². The summed E-state index contributed by atoms with van der Waals surface area (Å²) in [6.07, 6.45) is 6.23. The number of hydrogen-bond donors (Lipinski definition) is 1. The lowest BCUT2D eigenvalue weighted by atomic mass is 10.1. The lowest BCUT2D eigenvalue weighted by Gasteiger charge is -2.17. The van der Waals surface area contributed by atoms with Gasteiger partial charge in [0.05, 0.1) is 0 Å². The summed E-state index contributed by atoms with van der Waals surface area (Å²) in [7, 11) is 0. The number of benzene rings is 1. The Kier molecular flexibility index (Phi) is 7.54. The summed E-state index contributed by atoms with van der Waals surface area (Å²) in [4.78, 5) is 0. The van der Waals surface area contributed by atoms with E-state index in [9.17, 15) is 0 Å². The summed E-state index contributed by atoms with van der Waals surface area (Å²) in [5.41, 5.74) is 1.40. The summed E-state index contributed by atoms with van der Waals surface area (Å²) in [5, 5.41) is 3.68. The van der Waals surface area contributed by atoms with E-state index in [0.29, 0.717) is 6.04 Å². The van der Waals surface area contributed by atoms with Crippen molar-refractivity contribution in [1.29, 1.82) is 0 Å². The van der Waals surface area contributed by atoms with E-state index in [1.165, 1.54) is 35.7 Å². The Morgan fingerprint density at radius 1 is 1.12 bits per heavy atom. The zero-order chi connectivity index (χ0) is 12.5. The van der Waals surface area contributed by atoms with Crippen LogP contribution in [0.25, 0.3) is 0 Å². The first-order valence-electron chi connectivity index (χ1n) is 6.74. The molecular formula is C15H24BrN. The van der Waals surface area contributed by atoms with Crippen molar-refractivity contribution in [2.24, 2.45) is 0 Å². The second kappa shape index (κ2) is 8.71. The van der Waals surface area contributed by atoms with Gasteiger partial charge in [-0.3, -0.25) is 0 Å². The number of rotatable bonds is 8. The first-order chi connectivity index (χ1) is 8.27. The molecule has 1 nitrogen and oxygen atoms in total. The fourth-order valence-corrected chi connectivity index (χ4v) is 2.64. The third kappa shape index (κ3) is 5.69. The molecule has 1 aromatic carbocycles. The summed E-state index contributed by atoms with van der Waals surface area (Å²) in [6.45, 7) is 5.60. The molecule has 0 heterocycles. The zero-order valence-corrected chi connectivity index (χ0v) is 12.6. The Morgan fingerprint density at radius 2 is 1.76 bits per heavy atom. The minimum atomic E-state index is 0.701. The van der Waals surface area contributed by atoms with Crippen molar-refractivity contribution in [2.45, 2.75) is 52.0 Å². The van der Waals surface area contributed by atoms with Crippen molar-refractivity contribution in [3.8, 4) is 0 Å². The molecular weight excluding hydrogens is 274 g/mol. The molecule has 0 unspecified atom stereocenters. The van der Waals surface area contributed by atoms with Crippen molar-refractivity contribution in [1.82, 2.24) is 5.32 Å². The smallest absolute Gasteiger partial charge is 0.0207 e. The van der Waals surface area contributed by atoms with Gasteiger partial charge in [-0.1, -0.05) is 60.8 Å². The predicted octanol–water partition coefficient (Wildman–Crippen LogP) is 4.55. The van der Waals surface area contributed by atoms with E-state index in [2.05, 4.69) is 59.4 Å². The van der Waals surface area contributed by atoms with E-state index in [-0.39, 0.29) is 0 Å². The fraction of sp³-hybridized carbons (Fsp3) is 0.600. The van der Waals surface area contributed by atoms with Crippen molar-refractivity contribution in [3.63, 3.8) is 0 Å². The maximum Gasteiger partial charge on any atom is 0.0207 e. The standard InChI is InChI=1S/C15H24BrN/c1-3-7-14(8-4-2)17-12-11-13-9-5-6-10-15(13)16/h5-6,9-10,14,17H,3-4,7-8,11-12H2,1-2H3. The molecule has 1 rings (SSSR count). The third-order valence-corrected chi connectivity index (χ3v) is 3.83. The molecule has 2 heteroatoms. The molecule has 0 aliphatic rings. The molecule has 0 aromatic heterocycles. The Balaban J connectivity index is 2.33. The second-order valence-electron chi connectivity index (χ2n) is 4.57. The van der Waals surface area contributed by atoms with Gasteiger partial charge in [-0.05, 0) is 37.4 Å². The van der Waals surface area contributed by atoms with E-state index in [1.54, 1.807) is 0 Å². The van der Waals surface area contributed by atoms with Crippen molar-refractivity contribution >= 4 is 15.9 Å². The Bertz CT molecular complexity index is 306. The Hall–Kier alpha value is -0.340. The fourth-order valence-electron chi connectivity index (χ4n) is 2.16. The molecule has 0 radical (unpaired) electrons. The molecule has 0 saturated carbocycles. The SMILES string of the molecule is CCCC(CCC)NCCc1ccccc1Br. The van der Waals surface area contributed by atoms with Crippen LogP contribution < -0.4 is 5.32 Å². The first kappa shape index (κ1) is 14.7. The van der Waals surface area contributed by atoms with Crippen molar-refractivity contribution < 1.29 is 0 Å². The molecule has 1 aromatic rings. The van der Waals surface area contributed by atoms with Crippen LogP contribution in [0.3, 0.4) is 0 Å². The second-order valence-corrected chi connectivity index (χ2v) is 5.42. The summed E-state index contributed by atoms with van der Waals surface area (Å²) < 4.78 is 1.23. The molecule has 0 saturated heterocycles. The van der Waals surface area contributed by atoms with Crippen LogP contribution in [0.4, 0.5) is 0 Å². The largest absolute Gasteiger partial charge is 0.314 e. The van der Waals surface area contributed by atoms with Crippen LogP contribution in [0.1, 0.15) is 45.1 Å². The van der Waals surface area contributed by atoms with Crippen LogP contribution in [0.5, 0.6) is 0 Å². The summed E-state index contributed by atoms with van der Waals surface area (Å²) in [5.74, 6) is 0. The quantitative estimate of drug-likeness (QED) is 0.742. The van der Waals surface area contributed by atoms with Crippen molar-refractivity contribution in [3.05, 3.63) is 34.3 Å². The topological polar surface area (TPSA) is 12.0 Å². The highest BCUT2D eigenvalue weighted by Gasteiger charge is 2.05. The maximum atomic E-state index is 3.68. The normalized spacial score (nSPS) is 11.1. The first-order valence-corrected chi connectivity index (χ1v) is 7.54. The van der Waals surface area contributed by atoms with Crippen LogP contribution in [-0.2, 0) is 6.42 Å². The van der Waals surface area contributed by atoms with Gasteiger partial charge in [0.25, 0.3) is 0 Å². The minimum absolute atomic E-state index is 0.701. The maximum absolute atomic E-state index is 3.68. The molecule has 0 fully saturated rings. The van der Waals surface area contributed by atoms with Crippen LogP contribution in [0, 0.1) is 0 Å². The molecule has 0 bridgehead atoms. The highest BCUT2D eigenvalue weighted by Crippen LogP contribution is 2.16. The van der Waals surface area contributed by atoms with Crippen LogP contribution >= 0.6 is 15.9 Å². The van der Waals surface area contributed by atoms with Gasteiger partial charge in [0.2, 0.25) is 0 Å². The Morgan fingerprint density at radius 3 is 2.35 bits per heavy atom. The van der Waals surface area contributed by atoms with Crippen LogP contribution in [0.15, 0.2) is 28.7 Å². The van der Waals surface area contributed by atoms with Gasteiger partial charge in [0.15, 0.2) is 0 Å². The van der Waals surface area contributed by atoms with Crippen LogP contribution in [0.2, 0.25) is 0 Å². The van der Waals surface area contributed by atoms with Gasteiger partial charge in [-0.2, -0.15) is 0 Å². The predicted molar refractivity (Wildman–Crippen MR) is 79.5 cm³/mol. The lowest BCUT2D eigenvalue weighted by Crippen LogP contribution is -2.30. The Labute approximate surface area is 114 Å². The lowest BCUT2D eigenvalue weighted by molar-refractivity contribution is 0.447. The zero-order valence-electron chi connectivity index (χ0n) is 11.0. The van der Waals surface area contributed by atoms with E-state index >= 15 is 0 Å². The molecule has 0 aliphatic carbocycles. The molecule has 0 atom stereocenters. The monoisotopic (exact) mass is 297 g/mol. The third-order valence-electron chi connectivity index (χ3n) is 3.06. The van der Waals surface area contributed by atoms with Crippen molar-refractivity contribution in [2.75, 3.05) is 6.54 Å². The molecule has 17 heavy (non-hydrogen) atoms. The van der Waals surface area contributed by atoms with Gasteiger partial charge in [0.1, 0.15) is 0 Å². The number of halogens is 1. The minimum Gasteiger partial charge on any atom is -0.314 e. The number of nitrogens with one attached hydrogen (secondary N) is 1. The van der Waals surface area contributed by atoms with Gasteiger partial charge >= 0.3 is 0 Å². The summed E-state index contributed by atoms with van der Waals surface area (Å²) >= 11 is 3.60. The highest BCUT2D eigenvalue weighted by atomic mass is 79.9. The van der Waals surface area contributed by atoms with Gasteiger partial charge < -0.3 is 5.32 Å². The molecule has 96 valence electrons. The van der Waals surface area contributed by atoms with E-state index in [4.69, 9.17) is 0 Å². The van der Waals surface area contributed by atoms with Crippen LogP contribution in [-0.4, -0.2) is 12.6 Å². The molecule has 0 aliphatic heterocycles. The average molecular weight is 298 g/mol. The van der Waals surface area contributed by atoms with E-state index < -0.39 is 0 Å². The van der Waals surface area contributed by atoms with E-state index in [1.807, 2.05) is 0 Å².